The molecule has 0 aliphatic carbocycles. The van der Waals surface area contributed by atoms with Crippen LogP contribution in [0.4, 0.5) is 0 Å². The summed E-state index contributed by atoms with van der Waals surface area (Å²) >= 11 is 0. The van der Waals surface area contributed by atoms with Crippen LogP contribution in [-0.4, -0.2) is 12.1 Å². The lowest BCUT2D eigenvalue weighted by atomic mass is 9.89. The van der Waals surface area contributed by atoms with E-state index in [0.717, 1.165) is 12.5 Å². The Bertz CT molecular complexity index is 395. The van der Waals surface area contributed by atoms with Crippen LogP contribution in [0.15, 0.2) is 24.3 Å². The molecule has 0 saturated carbocycles. The molecule has 0 bridgehead atoms. The van der Waals surface area contributed by atoms with E-state index in [9.17, 15) is 0 Å². The van der Waals surface area contributed by atoms with Crippen molar-refractivity contribution < 1.29 is 0 Å². The first-order valence-corrected chi connectivity index (χ1v) is 8.51. The predicted molar refractivity (Wildman–Crippen MR) is 94.9 cm³/mol. The van der Waals surface area contributed by atoms with Crippen LogP contribution in [0.3, 0.4) is 0 Å². The largest absolute Gasteiger partial charge is 0.312 e. The van der Waals surface area contributed by atoms with Crippen LogP contribution in [0.25, 0.3) is 0 Å². The maximum atomic E-state index is 3.68. The zero-order valence-corrected chi connectivity index (χ0v) is 15.2. The van der Waals surface area contributed by atoms with Gasteiger partial charge < -0.3 is 5.32 Å². The van der Waals surface area contributed by atoms with Crippen LogP contribution in [0.1, 0.15) is 71.9 Å². The van der Waals surface area contributed by atoms with Crippen LogP contribution >= 0.6 is 0 Å². The van der Waals surface area contributed by atoms with Gasteiger partial charge in [0.15, 0.2) is 0 Å². The fourth-order valence-corrected chi connectivity index (χ4v) is 2.73. The number of rotatable bonds is 7. The molecule has 1 atom stereocenters. The van der Waals surface area contributed by atoms with Gasteiger partial charge in [-0.1, -0.05) is 52.0 Å². The van der Waals surface area contributed by atoms with Crippen molar-refractivity contribution in [1.29, 1.82) is 0 Å². The minimum absolute atomic E-state index is 0.205. The first kappa shape index (κ1) is 18.2. The Balaban J connectivity index is 2.66. The van der Waals surface area contributed by atoms with Gasteiger partial charge in [0.25, 0.3) is 0 Å². The van der Waals surface area contributed by atoms with Gasteiger partial charge in [0.2, 0.25) is 0 Å². The third kappa shape index (κ3) is 7.66. The first-order chi connectivity index (χ1) is 9.67. The van der Waals surface area contributed by atoms with Crippen molar-refractivity contribution in [3.05, 3.63) is 35.4 Å². The highest BCUT2D eigenvalue weighted by Crippen LogP contribution is 2.20. The van der Waals surface area contributed by atoms with Gasteiger partial charge in [-0.25, -0.2) is 0 Å². The Morgan fingerprint density at radius 3 is 1.95 bits per heavy atom. The van der Waals surface area contributed by atoms with Gasteiger partial charge in [-0.05, 0) is 69.0 Å². The average molecular weight is 290 g/mol. The molecule has 0 fully saturated rings. The summed E-state index contributed by atoms with van der Waals surface area (Å²) in [5.41, 5.74) is 3.12. The van der Waals surface area contributed by atoms with Gasteiger partial charge in [-0.2, -0.15) is 0 Å². The zero-order chi connectivity index (χ0) is 16.0. The second-order valence-electron chi connectivity index (χ2n) is 8.23. The lowest BCUT2D eigenvalue weighted by molar-refractivity contribution is 0.331. The van der Waals surface area contributed by atoms with E-state index in [2.05, 4.69) is 78.0 Å². The Kier molecular flexibility index (Phi) is 6.93. The van der Waals surface area contributed by atoms with Crippen molar-refractivity contribution in [3.63, 3.8) is 0 Å². The summed E-state index contributed by atoms with van der Waals surface area (Å²) in [6.45, 7) is 17.0. The normalized spacial score (nSPS) is 14.0. The molecule has 0 aliphatic heterocycles. The number of nitrogens with one attached hydrogen (secondary N) is 1. The summed E-state index contributed by atoms with van der Waals surface area (Å²) in [4.78, 5) is 0. The molecule has 0 radical (unpaired) electrons. The molecule has 0 heterocycles. The smallest absolute Gasteiger partial charge is 0.00966 e. The fourth-order valence-electron chi connectivity index (χ4n) is 2.73. The molecule has 1 heteroatoms. The van der Waals surface area contributed by atoms with Crippen LogP contribution in [0, 0.1) is 11.8 Å². The molecule has 1 unspecified atom stereocenters. The summed E-state index contributed by atoms with van der Waals surface area (Å²) in [5.74, 6) is 2.09. The van der Waals surface area contributed by atoms with E-state index < -0.39 is 0 Å². The molecule has 1 aromatic rings. The Hall–Kier alpha value is -0.820. The molecule has 0 spiro atoms. The first-order valence-electron chi connectivity index (χ1n) is 8.51. The maximum absolute atomic E-state index is 3.68. The van der Waals surface area contributed by atoms with Gasteiger partial charge in [0.05, 0.1) is 0 Å². The summed E-state index contributed by atoms with van der Waals surface area (Å²) < 4.78 is 0. The van der Waals surface area contributed by atoms with Crippen molar-refractivity contribution in [3.8, 4) is 0 Å². The van der Waals surface area contributed by atoms with E-state index in [-0.39, 0.29) is 5.54 Å². The van der Waals surface area contributed by atoms with Crippen molar-refractivity contribution in [2.24, 2.45) is 11.8 Å². The maximum Gasteiger partial charge on any atom is 0.00966 e. The SMILES string of the molecule is CC(C)CC(CNC(C)(C)C)Cc1ccc(C(C)C)cc1. The van der Waals surface area contributed by atoms with Gasteiger partial charge in [0.1, 0.15) is 0 Å². The second-order valence-corrected chi connectivity index (χ2v) is 8.23. The van der Waals surface area contributed by atoms with Gasteiger partial charge in [-0.15, -0.1) is 0 Å². The highest BCUT2D eigenvalue weighted by Gasteiger charge is 2.16. The molecule has 0 saturated heterocycles. The van der Waals surface area contributed by atoms with Crippen LogP contribution in [-0.2, 0) is 6.42 Å². The molecule has 0 aromatic heterocycles. The van der Waals surface area contributed by atoms with Crippen molar-refractivity contribution >= 4 is 0 Å². The molecule has 1 N–H and O–H groups in total. The molecular weight excluding hydrogens is 254 g/mol. The predicted octanol–water partition coefficient (Wildman–Crippen LogP) is 5.40. The third-order valence-electron chi connectivity index (χ3n) is 3.90. The molecule has 0 aliphatic rings. The van der Waals surface area contributed by atoms with Gasteiger partial charge in [-0.3, -0.25) is 0 Å². The number of benzene rings is 1. The minimum Gasteiger partial charge on any atom is -0.312 e. The van der Waals surface area contributed by atoms with E-state index in [0.29, 0.717) is 11.8 Å². The zero-order valence-electron chi connectivity index (χ0n) is 15.2. The second kappa shape index (κ2) is 7.98. The van der Waals surface area contributed by atoms with Gasteiger partial charge >= 0.3 is 0 Å². The third-order valence-corrected chi connectivity index (χ3v) is 3.90. The highest BCUT2D eigenvalue weighted by atomic mass is 14.9. The van der Waals surface area contributed by atoms with Gasteiger partial charge in [0, 0.05) is 5.54 Å². The minimum atomic E-state index is 0.205. The Labute approximate surface area is 132 Å². The highest BCUT2D eigenvalue weighted by molar-refractivity contribution is 5.25. The molecule has 120 valence electrons. The molecule has 1 aromatic carbocycles. The summed E-state index contributed by atoms with van der Waals surface area (Å²) in [5, 5.41) is 3.68. The molecule has 21 heavy (non-hydrogen) atoms. The average Bonchev–Trinajstić information content (AvgIpc) is 2.35. The van der Waals surface area contributed by atoms with Crippen LogP contribution < -0.4 is 5.32 Å². The van der Waals surface area contributed by atoms with E-state index in [1.54, 1.807) is 0 Å². The van der Waals surface area contributed by atoms with E-state index >= 15 is 0 Å². The van der Waals surface area contributed by atoms with Crippen molar-refractivity contribution in [2.45, 2.75) is 72.8 Å². The lowest BCUT2D eigenvalue weighted by Crippen LogP contribution is -2.39. The van der Waals surface area contributed by atoms with Crippen molar-refractivity contribution in [2.75, 3.05) is 6.54 Å². The summed E-state index contributed by atoms with van der Waals surface area (Å²) in [7, 11) is 0. The van der Waals surface area contributed by atoms with E-state index in [1.807, 2.05) is 0 Å². The van der Waals surface area contributed by atoms with E-state index in [4.69, 9.17) is 0 Å². The lowest BCUT2D eigenvalue weighted by Gasteiger charge is -2.26. The number of hydrogen-bond donors (Lipinski definition) is 1. The Morgan fingerprint density at radius 1 is 0.952 bits per heavy atom. The summed E-state index contributed by atoms with van der Waals surface area (Å²) in [6, 6.07) is 9.23. The standard InChI is InChI=1S/C20H35N/c1-15(2)12-18(14-21-20(5,6)7)13-17-8-10-19(11-9-17)16(3)4/h8-11,15-16,18,21H,12-14H2,1-7H3. The van der Waals surface area contributed by atoms with Crippen molar-refractivity contribution in [1.82, 2.24) is 5.32 Å². The topological polar surface area (TPSA) is 12.0 Å². The fraction of sp³-hybridized carbons (Fsp3) is 0.700. The molecule has 1 rings (SSSR count). The van der Waals surface area contributed by atoms with Crippen LogP contribution in [0.2, 0.25) is 0 Å². The quantitative estimate of drug-likeness (QED) is 0.708. The molecule has 1 nitrogen and oxygen atoms in total. The number of hydrogen-bond acceptors (Lipinski definition) is 1. The monoisotopic (exact) mass is 289 g/mol. The molecular formula is C20H35N. The summed E-state index contributed by atoms with van der Waals surface area (Å²) in [6.07, 6.45) is 2.47. The Morgan fingerprint density at radius 2 is 1.52 bits per heavy atom. The van der Waals surface area contributed by atoms with Crippen LogP contribution in [0.5, 0.6) is 0 Å². The molecule has 0 amide bonds. The van der Waals surface area contributed by atoms with E-state index in [1.165, 1.54) is 24.0 Å².